The highest BCUT2D eigenvalue weighted by Crippen LogP contribution is 2.67. The second-order valence-corrected chi connectivity index (χ2v) is 12.5. The minimum Gasteiger partial charge on any atom is -0.393 e. The Morgan fingerprint density at radius 1 is 0.750 bits per heavy atom. The second-order valence-electron chi connectivity index (χ2n) is 12.5. The molecule has 1 nitrogen and oxygen atoms in total. The van der Waals surface area contributed by atoms with Crippen LogP contribution in [0.15, 0.2) is 0 Å². The van der Waals surface area contributed by atoms with Crippen LogP contribution in [0.1, 0.15) is 117 Å². The molecule has 0 bridgehead atoms. The van der Waals surface area contributed by atoms with Gasteiger partial charge in [0.2, 0.25) is 0 Å². The van der Waals surface area contributed by atoms with Crippen LogP contribution in [0, 0.1) is 46.3 Å². The lowest BCUT2D eigenvalue weighted by molar-refractivity contribution is -0.127. The van der Waals surface area contributed by atoms with Gasteiger partial charge in [0.15, 0.2) is 0 Å². The number of rotatable bonds is 4. The van der Waals surface area contributed by atoms with Crippen LogP contribution in [0.3, 0.4) is 0 Å². The summed E-state index contributed by atoms with van der Waals surface area (Å²) in [6, 6.07) is 0. The maximum absolute atomic E-state index is 10.2. The summed E-state index contributed by atoms with van der Waals surface area (Å²) in [5.74, 6) is 5.91. The van der Waals surface area contributed by atoms with Gasteiger partial charge in [0.25, 0.3) is 0 Å². The highest BCUT2D eigenvalue weighted by Gasteiger charge is 2.59. The van der Waals surface area contributed by atoms with Gasteiger partial charge in [-0.15, -0.1) is 0 Å². The van der Waals surface area contributed by atoms with Crippen molar-refractivity contribution in [1.82, 2.24) is 0 Å². The molecule has 28 heavy (non-hydrogen) atoms. The smallest absolute Gasteiger partial charge is 0.0543 e. The first kappa shape index (κ1) is 19.9. The molecule has 0 aromatic carbocycles. The fraction of sp³-hybridized carbons (Fsp3) is 1.00. The first-order valence-electron chi connectivity index (χ1n) is 13.2. The number of fused-ring (bicyclic) bond motifs is 5. The summed E-state index contributed by atoms with van der Waals surface area (Å²) >= 11 is 0. The fourth-order valence-electron chi connectivity index (χ4n) is 9.77. The van der Waals surface area contributed by atoms with Gasteiger partial charge in [0.1, 0.15) is 0 Å². The summed E-state index contributed by atoms with van der Waals surface area (Å²) in [6.07, 6.45) is 23.1. The largest absolute Gasteiger partial charge is 0.393 e. The molecule has 0 radical (unpaired) electrons. The zero-order chi connectivity index (χ0) is 19.4. The van der Waals surface area contributed by atoms with E-state index in [-0.39, 0.29) is 6.10 Å². The molecular formula is C27H46O. The maximum atomic E-state index is 10.2. The van der Waals surface area contributed by atoms with Gasteiger partial charge in [-0.3, -0.25) is 0 Å². The predicted octanol–water partition coefficient (Wildman–Crippen LogP) is 7.37. The zero-order valence-corrected chi connectivity index (χ0v) is 18.8. The van der Waals surface area contributed by atoms with E-state index in [0.717, 1.165) is 48.3 Å². The van der Waals surface area contributed by atoms with E-state index in [9.17, 15) is 5.11 Å². The lowest BCUT2D eigenvalue weighted by atomic mass is 9.44. The Labute approximate surface area is 174 Å². The summed E-state index contributed by atoms with van der Waals surface area (Å²) < 4.78 is 0. The fourth-order valence-corrected chi connectivity index (χ4v) is 9.77. The van der Waals surface area contributed by atoms with E-state index in [2.05, 4.69) is 13.8 Å². The van der Waals surface area contributed by atoms with E-state index >= 15 is 0 Å². The predicted molar refractivity (Wildman–Crippen MR) is 117 cm³/mol. The average Bonchev–Trinajstić information content (AvgIpc) is 3.30. The Morgan fingerprint density at radius 3 is 2.32 bits per heavy atom. The monoisotopic (exact) mass is 386 g/mol. The quantitative estimate of drug-likeness (QED) is 0.535. The zero-order valence-electron chi connectivity index (χ0n) is 18.8. The van der Waals surface area contributed by atoms with Crippen LogP contribution in [0.4, 0.5) is 0 Å². The first-order chi connectivity index (χ1) is 13.5. The van der Waals surface area contributed by atoms with Crippen molar-refractivity contribution in [3.8, 4) is 0 Å². The van der Waals surface area contributed by atoms with Crippen molar-refractivity contribution in [1.29, 1.82) is 0 Å². The molecule has 0 heterocycles. The molecule has 5 unspecified atom stereocenters. The van der Waals surface area contributed by atoms with E-state index in [4.69, 9.17) is 0 Å². The van der Waals surface area contributed by atoms with Crippen molar-refractivity contribution >= 4 is 0 Å². The van der Waals surface area contributed by atoms with Crippen molar-refractivity contribution in [2.45, 2.75) is 123 Å². The van der Waals surface area contributed by atoms with Gasteiger partial charge >= 0.3 is 0 Å². The molecule has 5 fully saturated rings. The molecule has 0 spiro atoms. The standard InChI is InChI=1S/C27H46O/c1-26-17-15-25-23(12-10-21-18-22(28)14-16-27(21,25)2)24(26)13-11-20(26)9-5-8-19-6-3-4-7-19/h19-25,28H,3-18H2,1-2H3/t20?,21-,22?,23+,24?,25?,26?,27+/m1/s1. The Bertz CT molecular complexity index is 550. The van der Waals surface area contributed by atoms with Crippen LogP contribution in [0.25, 0.3) is 0 Å². The lowest BCUT2D eigenvalue weighted by Gasteiger charge is -2.61. The number of hydrogen-bond acceptors (Lipinski definition) is 1. The normalized spacial score (nSPS) is 51.5. The molecule has 0 amide bonds. The first-order valence-corrected chi connectivity index (χ1v) is 13.2. The average molecular weight is 387 g/mol. The van der Waals surface area contributed by atoms with Crippen LogP contribution in [-0.4, -0.2) is 11.2 Å². The molecule has 5 aliphatic rings. The molecule has 5 aliphatic carbocycles. The van der Waals surface area contributed by atoms with Crippen molar-refractivity contribution in [3.63, 3.8) is 0 Å². The van der Waals surface area contributed by atoms with E-state index in [1.54, 1.807) is 0 Å². The third-order valence-corrected chi connectivity index (χ3v) is 11.5. The van der Waals surface area contributed by atoms with Crippen LogP contribution in [0.2, 0.25) is 0 Å². The van der Waals surface area contributed by atoms with E-state index in [1.165, 1.54) is 89.9 Å². The van der Waals surface area contributed by atoms with Crippen LogP contribution < -0.4 is 0 Å². The molecule has 0 aromatic heterocycles. The third kappa shape index (κ3) is 3.21. The Balaban J connectivity index is 1.25. The van der Waals surface area contributed by atoms with Crippen LogP contribution >= 0.6 is 0 Å². The summed E-state index contributed by atoms with van der Waals surface area (Å²) in [7, 11) is 0. The molecular weight excluding hydrogens is 340 g/mol. The highest BCUT2D eigenvalue weighted by atomic mass is 16.3. The Hall–Kier alpha value is -0.0400. The molecule has 0 aliphatic heterocycles. The van der Waals surface area contributed by atoms with Gasteiger partial charge in [0.05, 0.1) is 6.10 Å². The number of aliphatic hydroxyl groups excluding tert-OH is 1. The summed E-state index contributed by atoms with van der Waals surface area (Å²) in [5, 5.41) is 10.2. The molecule has 0 saturated heterocycles. The van der Waals surface area contributed by atoms with Gasteiger partial charge < -0.3 is 5.11 Å². The second kappa shape index (κ2) is 7.58. The SMILES string of the molecule is CC12CCC3[C@@H](CC[C@@H]4CC(O)CC[C@]34C)C1CCC2CCCC1CCCC1. The van der Waals surface area contributed by atoms with Crippen molar-refractivity contribution in [2.24, 2.45) is 46.3 Å². The minimum atomic E-state index is -0.000732. The van der Waals surface area contributed by atoms with Crippen molar-refractivity contribution in [3.05, 3.63) is 0 Å². The van der Waals surface area contributed by atoms with Crippen LogP contribution in [-0.2, 0) is 0 Å². The van der Waals surface area contributed by atoms with Gasteiger partial charge in [-0.2, -0.15) is 0 Å². The third-order valence-electron chi connectivity index (χ3n) is 11.5. The highest BCUT2D eigenvalue weighted by molar-refractivity contribution is 5.09. The van der Waals surface area contributed by atoms with Gasteiger partial charge in [-0.1, -0.05) is 52.4 Å². The Kier molecular flexibility index (Phi) is 5.39. The molecule has 0 aromatic rings. The van der Waals surface area contributed by atoms with Gasteiger partial charge in [-0.25, -0.2) is 0 Å². The number of aliphatic hydroxyl groups is 1. The Morgan fingerprint density at radius 2 is 1.50 bits per heavy atom. The molecule has 5 saturated carbocycles. The summed E-state index contributed by atoms with van der Waals surface area (Å²) in [5.41, 5.74) is 1.21. The van der Waals surface area contributed by atoms with E-state index in [1.807, 2.05) is 0 Å². The summed E-state index contributed by atoms with van der Waals surface area (Å²) in [6.45, 7) is 5.36. The topological polar surface area (TPSA) is 20.2 Å². The molecule has 160 valence electrons. The number of hydrogen-bond donors (Lipinski definition) is 1. The van der Waals surface area contributed by atoms with Gasteiger partial charge in [0, 0.05) is 0 Å². The molecule has 1 heteroatoms. The van der Waals surface area contributed by atoms with Gasteiger partial charge in [-0.05, 0) is 111 Å². The summed E-state index contributed by atoms with van der Waals surface area (Å²) in [4.78, 5) is 0. The van der Waals surface area contributed by atoms with Crippen LogP contribution in [0.5, 0.6) is 0 Å². The van der Waals surface area contributed by atoms with E-state index < -0.39 is 0 Å². The molecule has 1 N–H and O–H groups in total. The molecule has 5 rings (SSSR count). The van der Waals surface area contributed by atoms with Crippen molar-refractivity contribution < 1.29 is 5.11 Å². The lowest BCUT2D eigenvalue weighted by Crippen LogP contribution is -2.53. The van der Waals surface area contributed by atoms with Crippen molar-refractivity contribution in [2.75, 3.05) is 0 Å². The maximum Gasteiger partial charge on any atom is 0.0543 e. The minimum absolute atomic E-state index is 0.000732. The van der Waals surface area contributed by atoms with E-state index in [0.29, 0.717) is 10.8 Å². The molecule has 8 atom stereocenters.